The zero-order valence-electron chi connectivity index (χ0n) is 23.5. The molecule has 0 unspecified atom stereocenters. The summed E-state index contributed by atoms with van der Waals surface area (Å²) in [6.07, 6.45) is 1.01. The van der Waals surface area contributed by atoms with E-state index in [0.717, 1.165) is 92.0 Å². The van der Waals surface area contributed by atoms with Gasteiger partial charge in [-0.2, -0.15) is 19.7 Å². The summed E-state index contributed by atoms with van der Waals surface area (Å²) in [5.41, 5.74) is 5.77. The first-order chi connectivity index (χ1) is 19.3. The Kier molecular flexibility index (Phi) is 7.05. The van der Waals surface area contributed by atoms with Gasteiger partial charge in [0.25, 0.3) is 5.78 Å². The number of aromatic nitrogens is 6. The molecule has 0 radical (unpaired) electrons. The van der Waals surface area contributed by atoms with Gasteiger partial charge in [0.05, 0.1) is 29.3 Å². The molecule has 3 aromatic heterocycles. The highest BCUT2D eigenvalue weighted by molar-refractivity contribution is 5.73. The molecule has 1 amide bonds. The molecular formula is C29H35N9O2. The maximum absolute atomic E-state index is 11.5. The van der Waals surface area contributed by atoms with Crippen molar-refractivity contribution >= 4 is 17.4 Å². The Balaban J connectivity index is 1.06. The second kappa shape index (κ2) is 10.8. The molecule has 0 spiro atoms. The first-order valence-corrected chi connectivity index (χ1v) is 13.9. The van der Waals surface area contributed by atoms with Crippen molar-refractivity contribution in [3.8, 4) is 17.0 Å². The van der Waals surface area contributed by atoms with Gasteiger partial charge in [0.15, 0.2) is 5.75 Å². The molecule has 11 heteroatoms. The summed E-state index contributed by atoms with van der Waals surface area (Å²) in [6, 6.07) is 12.6. The Morgan fingerprint density at radius 1 is 0.950 bits per heavy atom. The largest absolute Gasteiger partial charge is 0.485 e. The lowest BCUT2D eigenvalue weighted by Gasteiger charge is -2.33. The number of carbonyl (C=O) groups excluding carboxylic acids is 1. The van der Waals surface area contributed by atoms with Gasteiger partial charge in [-0.15, -0.1) is 5.10 Å². The lowest BCUT2D eigenvalue weighted by atomic mass is 10.1. The first-order valence-electron chi connectivity index (χ1n) is 13.9. The van der Waals surface area contributed by atoms with Crippen LogP contribution in [0.5, 0.6) is 5.75 Å². The van der Waals surface area contributed by atoms with E-state index in [9.17, 15) is 4.79 Å². The van der Waals surface area contributed by atoms with Crippen LogP contribution in [0, 0.1) is 20.8 Å². The maximum atomic E-state index is 11.5. The van der Waals surface area contributed by atoms with Crippen molar-refractivity contribution in [2.45, 2.75) is 46.8 Å². The van der Waals surface area contributed by atoms with Crippen LogP contribution < -0.4 is 9.64 Å². The number of fused-ring (bicyclic) bond motifs is 1. The van der Waals surface area contributed by atoms with Crippen molar-refractivity contribution in [1.29, 1.82) is 0 Å². The molecule has 2 saturated heterocycles. The van der Waals surface area contributed by atoms with E-state index in [1.165, 1.54) is 0 Å². The third kappa shape index (κ3) is 5.33. The number of anilines is 1. The van der Waals surface area contributed by atoms with Crippen molar-refractivity contribution in [1.82, 2.24) is 39.6 Å². The fourth-order valence-corrected chi connectivity index (χ4v) is 5.55. The molecule has 6 rings (SSSR count). The summed E-state index contributed by atoms with van der Waals surface area (Å²) in [7, 11) is 0. The van der Waals surface area contributed by atoms with Crippen molar-refractivity contribution < 1.29 is 9.53 Å². The second-order valence-electron chi connectivity index (χ2n) is 10.7. The van der Waals surface area contributed by atoms with Crippen molar-refractivity contribution in [2.75, 3.05) is 44.2 Å². The minimum Gasteiger partial charge on any atom is -0.485 e. The molecule has 5 heterocycles. The molecule has 1 atom stereocenters. The van der Waals surface area contributed by atoms with Crippen LogP contribution in [0.15, 0.2) is 36.4 Å². The topological polar surface area (TPSA) is 105 Å². The highest BCUT2D eigenvalue weighted by Gasteiger charge is 2.26. The third-order valence-electron chi connectivity index (χ3n) is 7.82. The molecule has 0 aliphatic carbocycles. The van der Waals surface area contributed by atoms with Crippen LogP contribution in [0.25, 0.3) is 17.0 Å². The molecular weight excluding hydrogens is 506 g/mol. The van der Waals surface area contributed by atoms with Gasteiger partial charge in [-0.25, -0.2) is 4.98 Å². The van der Waals surface area contributed by atoms with Gasteiger partial charge < -0.3 is 14.5 Å². The summed E-state index contributed by atoms with van der Waals surface area (Å²) in [5, 5.41) is 13.4. The Hall–Kier alpha value is -4.12. The number of ether oxygens (including phenoxy) is 1. The normalized spacial score (nSPS) is 18.1. The Labute approximate surface area is 233 Å². The minimum absolute atomic E-state index is 0.0739. The SMILES string of the molecule is CC(=O)N1CCN(Cc2ccc(-c3ccc(N4CC[C@@H](Oc5c(C)nc6nc(C)nn6c5C)C4)cc3)nn2)CC1. The zero-order valence-corrected chi connectivity index (χ0v) is 23.5. The van der Waals surface area contributed by atoms with Crippen LogP contribution in [0.4, 0.5) is 5.69 Å². The molecule has 11 nitrogen and oxygen atoms in total. The standard InChI is InChI=1S/C29H35N9O2/c1-19-28(20(2)38-29(30-19)31-21(3)34-38)40-26-11-12-37(18-26)25-8-5-23(6-9-25)27-10-7-24(32-33-27)17-35-13-15-36(16-14-35)22(4)39/h5-10,26H,11-18H2,1-4H3/t26-/m1/s1. The Morgan fingerprint density at radius 3 is 2.42 bits per heavy atom. The van der Waals surface area contributed by atoms with E-state index in [0.29, 0.717) is 11.6 Å². The van der Waals surface area contributed by atoms with E-state index < -0.39 is 0 Å². The number of aryl methyl sites for hydroxylation is 3. The quantitative estimate of drug-likeness (QED) is 0.364. The van der Waals surface area contributed by atoms with Gasteiger partial charge in [-0.1, -0.05) is 12.1 Å². The number of nitrogens with zero attached hydrogens (tertiary/aromatic N) is 9. The average Bonchev–Trinajstić information content (AvgIpc) is 3.58. The van der Waals surface area contributed by atoms with Crippen molar-refractivity contribution in [3.63, 3.8) is 0 Å². The van der Waals surface area contributed by atoms with Crippen molar-refractivity contribution in [3.05, 3.63) is 59.3 Å². The molecule has 0 N–H and O–H groups in total. The highest BCUT2D eigenvalue weighted by Crippen LogP contribution is 2.29. The summed E-state index contributed by atoms with van der Waals surface area (Å²) < 4.78 is 8.21. The predicted octanol–water partition coefficient (Wildman–Crippen LogP) is 2.83. The number of hydrogen-bond acceptors (Lipinski definition) is 9. The van der Waals surface area contributed by atoms with E-state index in [1.54, 1.807) is 11.4 Å². The maximum Gasteiger partial charge on any atom is 0.253 e. The van der Waals surface area contributed by atoms with Crippen LogP contribution in [-0.2, 0) is 11.3 Å². The molecule has 2 fully saturated rings. The van der Waals surface area contributed by atoms with Crippen LogP contribution >= 0.6 is 0 Å². The smallest absolute Gasteiger partial charge is 0.253 e. The molecule has 4 aromatic rings. The van der Waals surface area contributed by atoms with E-state index >= 15 is 0 Å². The number of carbonyl (C=O) groups is 1. The summed E-state index contributed by atoms with van der Waals surface area (Å²) in [6.45, 7) is 13.2. The molecule has 208 valence electrons. The highest BCUT2D eigenvalue weighted by atomic mass is 16.5. The van der Waals surface area contributed by atoms with Crippen molar-refractivity contribution in [2.24, 2.45) is 0 Å². The number of benzene rings is 1. The second-order valence-corrected chi connectivity index (χ2v) is 10.7. The summed E-state index contributed by atoms with van der Waals surface area (Å²) in [5.74, 6) is 2.24. The minimum atomic E-state index is 0.0739. The fourth-order valence-electron chi connectivity index (χ4n) is 5.55. The monoisotopic (exact) mass is 541 g/mol. The molecule has 0 saturated carbocycles. The molecule has 40 heavy (non-hydrogen) atoms. The number of rotatable bonds is 6. The molecule has 2 aliphatic rings. The van der Waals surface area contributed by atoms with Crippen LogP contribution in [0.3, 0.4) is 0 Å². The average molecular weight is 542 g/mol. The van der Waals surface area contributed by atoms with Gasteiger partial charge in [0, 0.05) is 63.9 Å². The van der Waals surface area contributed by atoms with Crippen LogP contribution in [0.1, 0.15) is 36.3 Å². The van der Waals surface area contributed by atoms with E-state index in [1.807, 2.05) is 37.8 Å². The lowest BCUT2D eigenvalue weighted by molar-refractivity contribution is -0.130. The van der Waals surface area contributed by atoms with Gasteiger partial charge in [0.2, 0.25) is 5.91 Å². The fraction of sp³-hybridized carbons (Fsp3) is 0.448. The predicted molar refractivity (Wildman–Crippen MR) is 151 cm³/mol. The molecule has 2 aliphatic heterocycles. The zero-order chi connectivity index (χ0) is 27.8. The number of piperazine rings is 1. The van der Waals surface area contributed by atoms with E-state index in [2.05, 4.69) is 59.3 Å². The van der Waals surface area contributed by atoms with Crippen LogP contribution in [-0.4, -0.2) is 90.9 Å². The first kappa shape index (κ1) is 26.1. The van der Waals surface area contributed by atoms with Gasteiger partial charge in [0.1, 0.15) is 11.9 Å². The number of amides is 1. The van der Waals surface area contributed by atoms with E-state index in [-0.39, 0.29) is 12.0 Å². The van der Waals surface area contributed by atoms with Crippen LogP contribution in [0.2, 0.25) is 0 Å². The summed E-state index contributed by atoms with van der Waals surface area (Å²) in [4.78, 5) is 27.1. The Bertz CT molecular complexity index is 1510. The Morgan fingerprint density at radius 2 is 1.73 bits per heavy atom. The molecule has 0 bridgehead atoms. The summed E-state index contributed by atoms with van der Waals surface area (Å²) >= 11 is 0. The molecule has 1 aromatic carbocycles. The van der Waals surface area contributed by atoms with Gasteiger partial charge in [-0.3, -0.25) is 9.69 Å². The third-order valence-corrected chi connectivity index (χ3v) is 7.82. The van der Waals surface area contributed by atoms with Gasteiger partial charge >= 0.3 is 0 Å². The van der Waals surface area contributed by atoms with E-state index in [4.69, 9.17) is 4.74 Å². The lowest BCUT2D eigenvalue weighted by Crippen LogP contribution is -2.47. The van der Waals surface area contributed by atoms with Gasteiger partial charge in [-0.05, 0) is 45.0 Å². The number of hydrogen-bond donors (Lipinski definition) is 0.